The lowest BCUT2D eigenvalue weighted by Gasteiger charge is -2.36. The highest BCUT2D eigenvalue weighted by Gasteiger charge is 2.29. The first-order valence-corrected chi connectivity index (χ1v) is 15.4. The molecule has 0 spiro atoms. The van der Waals surface area contributed by atoms with Gasteiger partial charge < -0.3 is 29.7 Å². The Morgan fingerprint density at radius 2 is 1.75 bits per heavy atom. The number of hydrogen-bond acceptors (Lipinski definition) is 7. The summed E-state index contributed by atoms with van der Waals surface area (Å²) < 4.78 is 5.52. The van der Waals surface area contributed by atoms with Crippen molar-refractivity contribution in [2.24, 2.45) is 0 Å². The molecule has 1 fully saturated rings. The molecular formula is C34H44N6O4. The molecule has 2 aliphatic rings. The molecule has 4 heterocycles. The number of fused-ring (bicyclic) bond motifs is 1. The number of ether oxygens (including phenoxy) is 1. The van der Waals surface area contributed by atoms with E-state index >= 15 is 0 Å². The van der Waals surface area contributed by atoms with Crippen molar-refractivity contribution in [3.63, 3.8) is 0 Å². The summed E-state index contributed by atoms with van der Waals surface area (Å²) in [6.45, 7) is 17.2. The average Bonchev–Trinajstić information content (AvgIpc) is 3.40. The van der Waals surface area contributed by atoms with E-state index < -0.39 is 5.60 Å². The van der Waals surface area contributed by atoms with Gasteiger partial charge in [0, 0.05) is 79.6 Å². The lowest BCUT2D eigenvalue weighted by Crippen LogP contribution is -2.50. The predicted octanol–water partition coefficient (Wildman–Crippen LogP) is 4.81. The zero-order valence-electron chi connectivity index (χ0n) is 26.9. The lowest BCUT2D eigenvalue weighted by molar-refractivity contribution is 0.0240. The van der Waals surface area contributed by atoms with Crippen LogP contribution in [0, 0.1) is 13.8 Å². The predicted molar refractivity (Wildman–Crippen MR) is 174 cm³/mol. The molecule has 5 rings (SSSR count). The molecule has 44 heavy (non-hydrogen) atoms. The maximum atomic E-state index is 13.6. The first-order chi connectivity index (χ1) is 20.8. The Kier molecular flexibility index (Phi) is 8.72. The molecule has 3 aromatic rings. The summed E-state index contributed by atoms with van der Waals surface area (Å²) in [6.07, 6.45) is 2.35. The van der Waals surface area contributed by atoms with Gasteiger partial charge in [0.2, 0.25) is 0 Å². The molecule has 2 amide bonds. The zero-order valence-corrected chi connectivity index (χ0v) is 26.9. The monoisotopic (exact) mass is 600 g/mol. The standard InChI is InChI=1S/C34H44N6O4/c1-21(2)40-11-10-26-27(31(41)36-20-28-22(3)16-23(4)37-32(28)42)17-25(18-29(26)40)24-8-9-30(35-19-24)38-12-14-39(15-13-38)33(43)44-34(5,6)7/h8-9,16-19,21H,10-15,20H2,1-7H3,(H,36,41)(H,37,42). The van der Waals surface area contributed by atoms with Crippen LogP contribution in [0.15, 0.2) is 41.3 Å². The SMILES string of the molecule is Cc1cc(C)c(CNC(=O)c2cc(-c3ccc(N4CCN(C(=O)OC(C)(C)C)CC4)nc3)cc3c2CCN3C(C)C)c(=O)[nH]1. The third kappa shape index (κ3) is 6.74. The highest BCUT2D eigenvalue weighted by atomic mass is 16.6. The number of anilines is 2. The number of aromatic amines is 1. The smallest absolute Gasteiger partial charge is 0.410 e. The summed E-state index contributed by atoms with van der Waals surface area (Å²) in [5.74, 6) is 0.653. The van der Waals surface area contributed by atoms with E-state index in [9.17, 15) is 14.4 Å². The molecule has 0 aliphatic carbocycles. The second-order valence-corrected chi connectivity index (χ2v) is 13.0. The van der Waals surface area contributed by atoms with Crippen molar-refractivity contribution < 1.29 is 14.3 Å². The zero-order chi connectivity index (χ0) is 31.8. The molecule has 2 aromatic heterocycles. The van der Waals surface area contributed by atoms with Crippen LogP contribution in [-0.2, 0) is 17.7 Å². The molecule has 234 valence electrons. The highest BCUT2D eigenvalue weighted by Crippen LogP contribution is 2.37. The average molecular weight is 601 g/mol. The van der Waals surface area contributed by atoms with E-state index in [1.54, 1.807) is 4.90 Å². The molecular weight excluding hydrogens is 556 g/mol. The number of carbonyl (C=O) groups is 2. The van der Waals surface area contributed by atoms with Crippen molar-refractivity contribution in [2.75, 3.05) is 42.5 Å². The van der Waals surface area contributed by atoms with Crippen molar-refractivity contribution in [3.8, 4) is 11.1 Å². The van der Waals surface area contributed by atoms with E-state index in [0.717, 1.165) is 52.4 Å². The van der Waals surface area contributed by atoms with Crippen molar-refractivity contribution in [1.82, 2.24) is 20.2 Å². The lowest BCUT2D eigenvalue weighted by atomic mass is 9.97. The Balaban J connectivity index is 1.35. The number of H-pyrrole nitrogens is 1. The topological polar surface area (TPSA) is 111 Å². The van der Waals surface area contributed by atoms with Crippen LogP contribution in [-0.4, -0.2) is 71.2 Å². The third-order valence-corrected chi connectivity index (χ3v) is 8.26. The van der Waals surface area contributed by atoms with Gasteiger partial charge in [-0.25, -0.2) is 9.78 Å². The summed E-state index contributed by atoms with van der Waals surface area (Å²) >= 11 is 0. The minimum absolute atomic E-state index is 0.157. The number of benzene rings is 1. The van der Waals surface area contributed by atoms with Crippen molar-refractivity contribution in [1.29, 1.82) is 0 Å². The third-order valence-electron chi connectivity index (χ3n) is 8.26. The Morgan fingerprint density at radius 1 is 1.02 bits per heavy atom. The highest BCUT2D eigenvalue weighted by molar-refractivity contribution is 5.99. The maximum Gasteiger partial charge on any atom is 0.410 e. The molecule has 0 radical (unpaired) electrons. The van der Waals surface area contributed by atoms with Crippen LogP contribution >= 0.6 is 0 Å². The number of amides is 2. The van der Waals surface area contributed by atoms with E-state index in [2.05, 4.69) is 40.0 Å². The fourth-order valence-electron chi connectivity index (χ4n) is 5.99. The number of carbonyl (C=O) groups excluding carboxylic acids is 2. The van der Waals surface area contributed by atoms with Gasteiger partial charge in [0.15, 0.2) is 0 Å². The first-order valence-electron chi connectivity index (χ1n) is 15.4. The summed E-state index contributed by atoms with van der Waals surface area (Å²) in [5, 5.41) is 3.01. The van der Waals surface area contributed by atoms with Gasteiger partial charge in [-0.05, 0) is 102 Å². The molecule has 1 aromatic carbocycles. The molecule has 10 heteroatoms. The number of nitrogens with one attached hydrogen (secondary N) is 2. The fourth-order valence-corrected chi connectivity index (χ4v) is 5.99. The van der Waals surface area contributed by atoms with Gasteiger partial charge in [0.1, 0.15) is 11.4 Å². The van der Waals surface area contributed by atoms with Gasteiger partial charge in [-0.15, -0.1) is 0 Å². The van der Waals surface area contributed by atoms with E-state index in [1.165, 1.54) is 0 Å². The number of hydrogen-bond donors (Lipinski definition) is 2. The van der Waals surface area contributed by atoms with Crippen LogP contribution in [0.1, 0.15) is 67.4 Å². The second-order valence-electron chi connectivity index (χ2n) is 13.0. The van der Waals surface area contributed by atoms with Gasteiger partial charge in [-0.3, -0.25) is 9.59 Å². The maximum absolute atomic E-state index is 13.6. The Morgan fingerprint density at radius 3 is 2.36 bits per heavy atom. The van der Waals surface area contributed by atoms with Gasteiger partial charge >= 0.3 is 6.09 Å². The van der Waals surface area contributed by atoms with E-state index in [-0.39, 0.29) is 30.1 Å². The van der Waals surface area contributed by atoms with Crippen molar-refractivity contribution >= 4 is 23.5 Å². The molecule has 10 nitrogen and oxygen atoms in total. The Labute approximate surface area is 259 Å². The van der Waals surface area contributed by atoms with Crippen LogP contribution in [0.5, 0.6) is 0 Å². The second kappa shape index (κ2) is 12.3. The first kappa shape index (κ1) is 31.1. The number of aromatic nitrogens is 2. The van der Waals surface area contributed by atoms with Gasteiger partial charge in [-0.1, -0.05) is 0 Å². The van der Waals surface area contributed by atoms with Crippen LogP contribution in [0.2, 0.25) is 0 Å². The van der Waals surface area contributed by atoms with Crippen LogP contribution in [0.3, 0.4) is 0 Å². The molecule has 2 N–H and O–H groups in total. The molecule has 2 aliphatic heterocycles. The molecule has 0 atom stereocenters. The Bertz CT molecular complexity index is 1600. The molecule has 1 saturated heterocycles. The van der Waals surface area contributed by atoms with Crippen molar-refractivity contribution in [3.05, 3.63) is 74.8 Å². The number of pyridine rings is 2. The summed E-state index contributed by atoms with van der Waals surface area (Å²) in [5.41, 5.74) is 6.07. The number of rotatable bonds is 6. The minimum atomic E-state index is -0.519. The van der Waals surface area contributed by atoms with E-state index in [0.29, 0.717) is 37.3 Å². The minimum Gasteiger partial charge on any atom is -0.444 e. The summed E-state index contributed by atoms with van der Waals surface area (Å²) in [7, 11) is 0. The number of aryl methyl sites for hydroxylation is 2. The quantitative estimate of drug-likeness (QED) is 0.418. The number of piperazine rings is 1. The molecule has 0 bridgehead atoms. The molecule has 0 unspecified atom stereocenters. The van der Waals surface area contributed by atoms with Gasteiger partial charge in [0.25, 0.3) is 11.5 Å². The van der Waals surface area contributed by atoms with Crippen LogP contribution in [0.25, 0.3) is 11.1 Å². The van der Waals surface area contributed by atoms with E-state index in [1.807, 2.05) is 65.1 Å². The van der Waals surface area contributed by atoms with Gasteiger partial charge in [-0.2, -0.15) is 0 Å². The van der Waals surface area contributed by atoms with Crippen LogP contribution < -0.4 is 20.7 Å². The van der Waals surface area contributed by atoms with Gasteiger partial charge in [0.05, 0.1) is 0 Å². The molecule has 0 saturated carbocycles. The van der Waals surface area contributed by atoms with E-state index in [4.69, 9.17) is 9.72 Å². The number of nitrogens with zero attached hydrogens (tertiary/aromatic N) is 4. The fraction of sp³-hybridized carbons (Fsp3) is 0.471. The summed E-state index contributed by atoms with van der Waals surface area (Å²) in [6, 6.07) is 10.3. The largest absolute Gasteiger partial charge is 0.444 e. The normalized spacial score (nSPS) is 15.0. The van der Waals surface area contributed by atoms with Crippen molar-refractivity contribution in [2.45, 2.75) is 73.1 Å². The van der Waals surface area contributed by atoms with Crippen LogP contribution in [0.4, 0.5) is 16.3 Å². The Hall–Kier alpha value is -4.34. The summed E-state index contributed by atoms with van der Waals surface area (Å²) in [4.78, 5) is 52.5.